The number of carboxylic acid groups (broad SMARTS) is 1. The van der Waals surface area contributed by atoms with E-state index in [9.17, 15) is 18.0 Å². The number of piperidine rings is 1. The van der Waals surface area contributed by atoms with E-state index < -0.39 is 12.1 Å². The van der Waals surface area contributed by atoms with Gasteiger partial charge in [-0.2, -0.15) is 13.2 Å². The Balaban J connectivity index is 0.000000383. The molecule has 12 heteroatoms. The number of aryl methyl sites for hydroxylation is 1. The third kappa shape index (κ3) is 6.60. The number of carbonyl (C=O) groups is 2. The van der Waals surface area contributed by atoms with Gasteiger partial charge < -0.3 is 19.5 Å². The minimum absolute atomic E-state index is 0.0425. The first kappa shape index (κ1) is 24.4. The molecule has 2 aromatic heterocycles. The molecule has 2 fully saturated rings. The van der Waals surface area contributed by atoms with Crippen LogP contribution in [0.15, 0.2) is 36.8 Å². The second-order valence-corrected chi connectivity index (χ2v) is 7.78. The van der Waals surface area contributed by atoms with Crippen LogP contribution < -0.4 is 4.74 Å². The number of likely N-dealkylation sites (tertiary alicyclic amines) is 1. The van der Waals surface area contributed by atoms with Crippen molar-refractivity contribution in [3.05, 3.63) is 48.2 Å². The van der Waals surface area contributed by atoms with Gasteiger partial charge >= 0.3 is 12.1 Å². The first-order valence-corrected chi connectivity index (χ1v) is 10.2. The van der Waals surface area contributed by atoms with Crippen LogP contribution in [0.4, 0.5) is 13.2 Å². The molecule has 0 unspecified atom stereocenters. The number of halogens is 3. The van der Waals surface area contributed by atoms with Crippen LogP contribution in [0, 0.1) is 6.92 Å². The van der Waals surface area contributed by atoms with E-state index in [0.717, 1.165) is 25.0 Å². The van der Waals surface area contributed by atoms with Crippen molar-refractivity contribution in [1.82, 2.24) is 19.9 Å². The van der Waals surface area contributed by atoms with Crippen molar-refractivity contribution in [2.45, 2.75) is 44.1 Å². The Bertz CT molecular complexity index is 959. The van der Waals surface area contributed by atoms with Crippen LogP contribution in [0.5, 0.6) is 5.88 Å². The van der Waals surface area contributed by atoms with Gasteiger partial charge in [0.25, 0.3) is 5.91 Å². The van der Waals surface area contributed by atoms with E-state index in [0.29, 0.717) is 31.3 Å². The quantitative estimate of drug-likeness (QED) is 0.731. The number of hydrogen-bond donors (Lipinski definition) is 1. The van der Waals surface area contributed by atoms with Crippen molar-refractivity contribution in [2.75, 3.05) is 19.7 Å². The van der Waals surface area contributed by atoms with E-state index in [4.69, 9.17) is 19.4 Å². The van der Waals surface area contributed by atoms with Gasteiger partial charge in [-0.1, -0.05) is 6.07 Å². The fourth-order valence-corrected chi connectivity index (χ4v) is 3.69. The third-order valence-corrected chi connectivity index (χ3v) is 5.17. The molecule has 0 aliphatic carbocycles. The zero-order valence-corrected chi connectivity index (χ0v) is 17.8. The highest BCUT2D eigenvalue weighted by Gasteiger charge is 2.45. The zero-order chi connectivity index (χ0) is 24.1. The lowest BCUT2D eigenvalue weighted by Crippen LogP contribution is -2.50. The van der Waals surface area contributed by atoms with Gasteiger partial charge in [0.05, 0.1) is 30.6 Å². The van der Waals surface area contributed by atoms with Gasteiger partial charge in [-0.15, -0.1) is 0 Å². The number of pyridine rings is 1. The number of alkyl halides is 3. The van der Waals surface area contributed by atoms with Crippen LogP contribution in [0.25, 0.3) is 0 Å². The molecule has 2 aliphatic heterocycles. The lowest BCUT2D eigenvalue weighted by Gasteiger charge is -2.39. The minimum Gasteiger partial charge on any atom is -0.475 e. The highest BCUT2D eigenvalue weighted by atomic mass is 19.4. The Morgan fingerprint density at radius 2 is 2.00 bits per heavy atom. The van der Waals surface area contributed by atoms with Crippen molar-refractivity contribution in [3.8, 4) is 5.88 Å². The van der Waals surface area contributed by atoms with Gasteiger partial charge in [-0.25, -0.2) is 14.8 Å². The monoisotopic (exact) mass is 468 g/mol. The van der Waals surface area contributed by atoms with E-state index >= 15 is 0 Å². The molecule has 4 rings (SSSR count). The molecule has 2 atom stereocenters. The summed E-state index contributed by atoms with van der Waals surface area (Å²) >= 11 is 0. The zero-order valence-electron chi connectivity index (χ0n) is 17.8. The molecule has 4 heterocycles. The van der Waals surface area contributed by atoms with Crippen LogP contribution in [0.2, 0.25) is 0 Å². The molecule has 178 valence electrons. The van der Waals surface area contributed by atoms with Crippen LogP contribution in [0.3, 0.4) is 0 Å². The van der Waals surface area contributed by atoms with Crippen molar-refractivity contribution in [1.29, 1.82) is 0 Å². The lowest BCUT2D eigenvalue weighted by molar-refractivity contribution is -0.192. The van der Waals surface area contributed by atoms with Crippen molar-refractivity contribution < 1.29 is 37.3 Å². The molecule has 0 saturated carbocycles. The number of aromatic nitrogens is 3. The fraction of sp³-hybridized carbons (Fsp3) is 0.476. The SMILES string of the molecule is Cc1cnc(C(=O)N2CCC[C@]3(C[C@H](Oc4ccccn4)CO3)C2)cn1.O=C(O)C(F)(F)F. The van der Waals surface area contributed by atoms with Crippen LogP contribution >= 0.6 is 0 Å². The Morgan fingerprint density at radius 1 is 1.24 bits per heavy atom. The molecule has 2 aliphatic rings. The Labute approximate surface area is 187 Å². The first-order chi connectivity index (χ1) is 15.6. The molecule has 0 radical (unpaired) electrons. The number of ether oxygens (including phenoxy) is 2. The number of carboxylic acids is 1. The number of carbonyl (C=O) groups excluding carboxylic acids is 1. The van der Waals surface area contributed by atoms with E-state index in [1.165, 1.54) is 0 Å². The van der Waals surface area contributed by atoms with Gasteiger partial charge in [-0.05, 0) is 25.8 Å². The van der Waals surface area contributed by atoms with E-state index in [-0.39, 0.29) is 17.6 Å². The third-order valence-electron chi connectivity index (χ3n) is 5.17. The normalized spacial score (nSPS) is 22.4. The second kappa shape index (κ2) is 10.1. The summed E-state index contributed by atoms with van der Waals surface area (Å²) in [5.74, 6) is -2.24. The number of rotatable bonds is 3. The summed E-state index contributed by atoms with van der Waals surface area (Å²) in [6.07, 6.45) is 2.34. The summed E-state index contributed by atoms with van der Waals surface area (Å²) < 4.78 is 43.8. The summed E-state index contributed by atoms with van der Waals surface area (Å²) in [4.78, 5) is 36.1. The number of hydrogen-bond acceptors (Lipinski definition) is 7. The first-order valence-electron chi connectivity index (χ1n) is 10.2. The van der Waals surface area contributed by atoms with Crippen LogP contribution in [0.1, 0.15) is 35.4 Å². The molecule has 1 spiro atoms. The van der Waals surface area contributed by atoms with Crippen molar-refractivity contribution in [3.63, 3.8) is 0 Å². The average Bonchev–Trinajstić information content (AvgIpc) is 3.15. The van der Waals surface area contributed by atoms with Crippen molar-refractivity contribution >= 4 is 11.9 Å². The van der Waals surface area contributed by atoms with Gasteiger partial charge in [0.2, 0.25) is 5.88 Å². The molecule has 0 aromatic carbocycles. The predicted octanol–water partition coefficient (Wildman–Crippen LogP) is 2.66. The fourth-order valence-electron chi connectivity index (χ4n) is 3.69. The molecule has 2 saturated heterocycles. The lowest BCUT2D eigenvalue weighted by atomic mass is 9.89. The molecule has 1 N–H and O–H groups in total. The minimum atomic E-state index is -5.08. The van der Waals surface area contributed by atoms with Crippen LogP contribution in [-0.2, 0) is 9.53 Å². The highest BCUT2D eigenvalue weighted by Crippen LogP contribution is 2.36. The summed E-state index contributed by atoms with van der Waals surface area (Å²) in [6, 6.07) is 5.60. The molecule has 0 bridgehead atoms. The molecular formula is C21H23F3N4O5. The van der Waals surface area contributed by atoms with Gasteiger partial charge in [0.1, 0.15) is 11.8 Å². The standard InChI is InChI=1S/C19H22N4O3.C2HF3O2/c1-14-10-22-16(11-21-14)18(24)23-8-4-6-19(13-23)9-15(12-25-19)26-17-5-2-3-7-20-17;3-2(4,5)1(6)7/h2-3,5,7,10-11,15H,4,6,8-9,12-13H2,1H3;(H,6,7)/t15-,19-;/m0./s1. The maximum Gasteiger partial charge on any atom is 0.490 e. The highest BCUT2D eigenvalue weighted by molar-refractivity contribution is 5.92. The number of amides is 1. The summed E-state index contributed by atoms with van der Waals surface area (Å²) in [5.41, 5.74) is 0.836. The van der Waals surface area contributed by atoms with Gasteiger partial charge in [0.15, 0.2) is 0 Å². The van der Waals surface area contributed by atoms with E-state index in [1.807, 2.05) is 30.0 Å². The topological polar surface area (TPSA) is 115 Å². The maximum absolute atomic E-state index is 12.8. The smallest absolute Gasteiger partial charge is 0.475 e. The maximum atomic E-state index is 12.8. The van der Waals surface area contributed by atoms with Crippen LogP contribution in [-0.4, -0.2) is 74.4 Å². The molecule has 9 nitrogen and oxygen atoms in total. The second-order valence-electron chi connectivity index (χ2n) is 7.78. The largest absolute Gasteiger partial charge is 0.490 e. The summed E-state index contributed by atoms with van der Waals surface area (Å²) in [6.45, 7) is 3.64. The molecule has 1 amide bonds. The Hall–Kier alpha value is -3.28. The summed E-state index contributed by atoms with van der Waals surface area (Å²) in [7, 11) is 0. The van der Waals surface area contributed by atoms with E-state index in [1.54, 1.807) is 18.6 Å². The summed E-state index contributed by atoms with van der Waals surface area (Å²) in [5, 5.41) is 7.12. The van der Waals surface area contributed by atoms with Gasteiger partial charge in [0, 0.05) is 31.4 Å². The number of nitrogens with zero attached hydrogens (tertiary/aromatic N) is 4. The predicted molar refractivity (Wildman–Crippen MR) is 108 cm³/mol. The van der Waals surface area contributed by atoms with Crippen molar-refractivity contribution in [2.24, 2.45) is 0 Å². The average molecular weight is 468 g/mol. The Morgan fingerprint density at radius 3 is 2.61 bits per heavy atom. The Kier molecular flexibility index (Phi) is 7.46. The molecule has 2 aromatic rings. The van der Waals surface area contributed by atoms with Gasteiger partial charge in [-0.3, -0.25) is 9.78 Å². The molecule has 33 heavy (non-hydrogen) atoms. The molecular weight excluding hydrogens is 445 g/mol. The number of aliphatic carboxylic acids is 1. The van der Waals surface area contributed by atoms with E-state index in [2.05, 4.69) is 15.0 Å².